The second-order valence-corrected chi connectivity index (χ2v) is 4.29. The number of carboxylic acids is 1. The summed E-state index contributed by atoms with van der Waals surface area (Å²) in [6.07, 6.45) is -0.384. The fourth-order valence-electron chi connectivity index (χ4n) is 2.22. The Hall–Kier alpha value is -2.24. The van der Waals surface area contributed by atoms with Crippen LogP contribution in [0.25, 0.3) is 0 Å². The number of carboxylic acid groups (broad SMARTS) is 1. The number of hydrogen-bond acceptors (Lipinski definition) is 4. The molecular formula is C13H15NO5. The average molecular weight is 265 g/mol. The van der Waals surface area contributed by atoms with Crippen LogP contribution in [0.3, 0.4) is 0 Å². The molecule has 1 amide bonds. The largest absolute Gasteiger partial charge is 0.497 e. The average Bonchev–Trinajstić information content (AvgIpc) is 2.44. The maximum Gasteiger partial charge on any atom is 0.410 e. The van der Waals surface area contributed by atoms with Gasteiger partial charge < -0.3 is 14.6 Å². The van der Waals surface area contributed by atoms with Crippen molar-refractivity contribution in [3.05, 3.63) is 29.3 Å². The van der Waals surface area contributed by atoms with Gasteiger partial charge in [0.25, 0.3) is 0 Å². The molecule has 0 bridgehead atoms. The Balaban J connectivity index is 2.36. The van der Waals surface area contributed by atoms with Crippen molar-refractivity contribution in [3.63, 3.8) is 0 Å². The molecule has 1 N–H and O–H groups in total. The van der Waals surface area contributed by atoms with Gasteiger partial charge in [-0.15, -0.1) is 0 Å². The molecule has 2 rings (SSSR count). The maximum absolute atomic E-state index is 11.6. The van der Waals surface area contributed by atoms with Gasteiger partial charge in [0.05, 0.1) is 20.8 Å². The van der Waals surface area contributed by atoms with Gasteiger partial charge in [-0.1, -0.05) is 6.07 Å². The van der Waals surface area contributed by atoms with Crippen LogP contribution in [0.1, 0.15) is 11.1 Å². The topological polar surface area (TPSA) is 76.1 Å². The molecule has 1 heterocycles. The van der Waals surface area contributed by atoms with Crippen molar-refractivity contribution in [1.29, 1.82) is 0 Å². The van der Waals surface area contributed by atoms with E-state index in [9.17, 15) is 14.7 Å². The number of ether oxygens (including phenoxy) is 2. The van der Waals surface area contributed by atoms with Crippen molar-refractivity contribution in [3.8, 4) is 5.75 Å². The lowest BCUT2D eigenvalue weighted by atomic mass is 9.94. The molecule has 1 atom stereocenters. The number of carbonyl (C=O) groups is 2. The van der Waals surface area contributed by atoms with E-state index in [1.54, 1.807) is 19.2 Å². The molecule has 0 aliphatic carbocycles. The number of rotatable bonds is 2. The van der Waals surface area contributed by atoms with Crippen molar-refractivity contribution in [2.45, 2.75) is 19.0 Å². The van der Waals surface area contributed by atoms with Gasteiger partial charge in [-0.05, 0) is 23.3 Å². The van der Waals surface area contributed by atoms with E-state index in [-0.39, 0.29) is 13.0 Å². The van der Waals surface area contributed by atoms with Crippen LogP contribution < -0.4 is 4.74 Å². The van der Waals surface area contributed by atoms with Crippen LogP contribution in [0.5, 0.6) is 5.75 Å². The Bertz CT molecular complexity index is 514. The zero-order valence-electron chi connectivity index (χ0n) is 10.8. The number of carbonyl (C=O) groups excluding carboxylic acids is 1. The summed E-state index contributed by atoms with van der Waals surface area (Å²) in [5, 5.41) is 9.22. The summed E-state index contributed by atoms with van der Waals surface area (Å²) in [7, 11) is 2.80. The summed E-state index contributed by atoms with van der Waals surface area (Å²) < 4.78 is 9.75. The number of benzene rings is 1. The van der Waals surface area contributed by atoms with E-state index in [1.807, 2.05) is 6.07 Å². The van der Waals surface area contributed by atoms with Gasteiger partial charge in [-0.2, -0.15) is 0 Å². The Kier molecular flexibility index (Phi) is 3.59. The summed E-state index contributed by atoms with van der Waals surface area (Å²) in [4.78, 5) is 24.1. The molecule has 1 aliphatic heterocycles. The van der Waals surface area contributed by atoms with E-state index < -0.39 is 18.1 Å². The van der Waals surface area contributed by atoms with Gasteiger partial charge >= 0.3 is 12.1 Å². The molecule has 1 aliphatic rings. The summed E-state index contributed by atoms with van der Waals surface area (Å²) in [6, 6.07) is 4.52. The molecule has 6 heteroatoms. The first kappa shape index (κ1) is 13.2. The van der Waals surface area contributed by atoms with Gasteiger partial charge in [0.2, 0.25) is 0 Å². The molecule has 1 aromatic carbocycles. The van der Waals surface area contributed by atoms with Crippen LogP contribution in [-0.2, 0) is 22.5 Å². The predicted octanol–water partition coefficient (Wildman–Crippen LogP) is 1.27. The molecule has 0 spiro atoms. The summed E-state index contributed by atoms with van der Waals surface area (Å²) in [5.74, 6) is -0.367. The third-order valence-corrected chi connectivity index (χ3v) is 3.24. The highest BCUT2D eigenvalue weighted by molar-refractivity contribution is 5.81. The minimum atomic E-state index is -1.04. The normalized spacial score (nSPS) is 17.6. The molecule has 6 nitrogen and oxygen atoms in total. The standard InChI is InChI=1S/C13H15NO5/c1-18-10-4-3-8-7-14(13(17)19-2)11(12(15)16)6-9(8)5-10/h3-5,11H,6-7H2,1-2H3,(H,15,16). The first-order chi connectivity index (χ1) is 9.06. The van der Waals surface area contributed by atoms with Gasteiger partial charge in [-0.25, -0.2) is 9.59 Å². The number of fused-ring (bicyclic) bond motifs is 1. The van der Waals surface area contributed by atoms with E-state index in [1.165, 1.54) is 12.0 Å². The highest BCUT2D eigenvalue weighted by atomic mass is 16.5. The van der Waals surface area contributed by atoms with Gasteiger partial charge in [-0.3, -0.25) is 4.90 Å². The van der Waals surface area contributed by atoms with Crippen LogP contribution >= 0.6 is 0 Å². The molecule has 0 aromatic heterocycles. The van der Waals surface area contributed by atoms with Crippen molar-refractivity contribution >= 4 is 12.1 Å². The van der Waals surface area contributed by atoms with Gasteiger partial charge in [0.1, 0.15) is 11.8 Å². The minimum absolute atomic E-state index is 0.225. The number of methoxy groups -OCH3 is 2. The van der Waals surface area contributed by atoms with Crippen molar-refractivity contribution in [2.24, 2.45) is 0 Å². The Morgan fingerprint density at radius 1 is 1.32 bits per heavy atom. The van der Waals surface area contributed by atoms with Crippen molar-refractivity contribution < 1.29 is 24.2 Å². The second-order valence-electron chi connectivity index (χ2n) is 4.29. The van der Waals surface area contributed by atoms with Crippen LogP contribution in [-0.4, -0.2) is 42.3 Å². The third-order valence-electron chi connectivity index (χ3n) is 3.24. The molecule has 0 saturated heterocycles. The Morgan fingerprint density at radius 3 is 2.63 bits per heavy atom. The van der Waals surface area contributed by atoms with Gasteiger partial charge in [0.15, 0.2) is 0 Å². The lowest BCUT2D eigenvalue weighted by molar-refractivity contribution is -0.143. The summed E-state index contributed by atoms with van der Waals surface area (Å²) >= 11 is 0. The number of aliphatic carboxylic acids is 1. The zero-order chi connectivity index (χ0) is 14.0. The molecule has 0 fully saturated rings. The summed E-state index contributed by atoms with van der Waals surface area (Å²) in [6.45, 7) is 0.225. The molecule has 0 saturated carbocycles. The van der Waals surface area contributed by atoms with Crippen molar-refractivity contribution in [1.82, 2.24) is 4.90 Å². The second kappa shape index (κ2) is 5.17. The lowest BCUT2D eigenvalue weighted by Crippen LogP contribution is -2.48. The molecule has 19 heavy (non-hydrogen) atoms. The fraction of sp³-hybridized carbons (Fsp3) is 0.385. The van der Waals surface area contributed by atoms with E-state index in [2.05, 4.69) is 4.74 Å². The fourth-order valence-corrected chi connectivity index (χ4v) is 2.22. The lowest BCUT2D eigenvalue weighted by Gasteiger charge is -2.33. The smallest absolute Gasteiger partial charge is 0.410 e. The van der Waals surface area contributed by atoms with Crippen LogP contribution in [0.15, 0.2) is 18.2 Å². The molecular weight excluding hydrogens is 250 g/mol. The highest BCUT2D eigenvalue weighted by Crippen LogP contribution is 2.27. The Morgan fingerprint density at radius 2 is 2.05 bits per heavy atom. The number of nitrogens with zero attached hydrogens (tertiary/aromatic N) is 1. The van der Waals surface area contributed by atoms with Crippen LogP contribution in [0, 0.1) is 0 Å². The number of amides is 1. The molecule has 1 unspecified atom stereocenters. The minimum Gasteiger partial charge on any atom is -0.497 e. The van der Waals surface area contributed by atoms with Gasteiger partial charge in [0, 0.05) is 6.42 Å². The van der Waals surface area contributed by atoms with Crippen molar-refractivity contribution in [2.75, 3.05) is 14.2 Å². The van der Waals surface area contributed by atoms with Crippen LogP contribution in [0.4, 0.5) is 4.79 Å². The van der Waals surface area contributed by atoms with E-state index in [0.29, 0.717) is 5.75 Å². The van der Waals surface area contributed by atoms with Crippen LogP contribution in [0.2, 0.25) is 0 Å². The number of hydrogen-bond donors (Lipinski definition) is 1. The predicted molar refractivity (Wildman–Crippen MR) is 66.1 cm³/mol. The first-order valence-electron chi connectivity index (χ1n) is 5.80. The van der Waals surface area contributed by atoms with E-state index in [0.717, 1.165) is 11.1 Å². The SMILES string of the molecule is COC(=O)N1Cc2ccc(OC)cc2CC1C(=O)O. The Labute approximate surface area is 110 Å². The third kappa shape index (κ3) is 2.47. The quantitative estimate of drug-likeness (QED) is 0.871. The summed E-state index contributed by atoms with van der Waals surface area (Å²) in [5.41, 5.74) is 1.79. The van der Waals surface area contributed by atoms with E-state index >= 15 is 0 Å². The zero-order valence-corrected chi connectivity index (χ0v) is 10.8. The van der Waals surface area contributed by atoms with E-state index in [4.69, 9.17) is 4.74 Å². The highest BCUT2D eigenvalue weighted by Gasteiger charge is 2.35. The molecule has 102 valence electrons. The first-order valence-corrected chi connectivity index (χ1v) is 5.80. The molecule has 0 radical (unpaired) electrons. The maximum atomic E-state index is 11.6. The monoisotopic (exact) mass is 265 g/mol. The molecule has 1 aromatic rings.